The van der Waals surface area contributed by atoms with Crippen LogP contribution in [0.5, 0.6) is 11.5 Å². The molecule has 0 aliphatic rings. The van der Waals surface area contributed by atoms with Gasteiger partial charge in [0.1, 0.15) is 17.2 Å². The predicted molar refractivity (Wildman–Crippen MR) is 79.0 cm³/mol. The second kappa shape index (κ2) is 8.03. The van der Waals surface area contributed by atoms with Gasteiger partial charge in [0.05, 0.1) is 6.61 Å². The van der Waals surface area contributed by atoms with Gasteiger partial charge < -0.3 is 15.2 Å². The maximum atomic E-state index is 12.6. The van der Waals surface area contributed by atoms with Crippen molar-refractivity contribution in [1.82, 2.24) is 5.32 Å². The van der Waals surface area contributed by atoms with Gasteiger partial charge in [0, 0.05) is 11.1 Å². The highest BCUT2D eigenvalue weighted by molar-refractivity contribution is 6.04. The first-order valence-corrected chi connectivity index (χ1v) is 7.11. The second-order valence-electron chi connectivity index (χ2n) is 4.87. The Morgan fingerprint density at radius 2 is 2.05 bits per heavy atom. The van der Waals surface area contributed by atoms with E-state index in [2.05, 4.69) is 5.32 Å². The minimum atomic E-state index is -4.80. The van der Waals surface area contributed by atoms with Crippen molar-refractivity contribution < 1.29 is 23.0 Å². The number of ether oxygens (including phenoxy) is 1. The van der Waals surface area contributed by atoms with Crippen LogP contribution < -0.4 is 10.1 Å². The van der Waals surface area contributed by atoms with Crippen molar-refractivity contribution in [1.29, 1.82) is 5.41 Å². The van der Waals surface area contributed by atoms with E-state index in [1.54, 1.807) is 0 Å². The maximum Gasteiger partial charge on any atom is 0.433 e. The highest BCUT2D eigenvalue weighted by Crippen LogP contribution is 2.35. The van der Waals surface area contributed by atoms with E-state index < -0.39 is 23.2 Å². The van der Waals surface area contributed by atoms with E-state index in [-0.39, 0.29) is 0 Å². The zero-order valence-electron chi connectivity index (χ0n) is 12.7. The van der Waals surface area contributed by atoms with Crippen LogP contribution in [0.15, 0.2) is 12.1 Å². The van der Waals surface area contributed by atoms with Crippen LogP contribution in [0.4, 0.5) is 13.2 Å². The van der Waals surface area contributed by atoms with Crippen LogP contribution >= 0.6 is 0 Å². The molecule has 0 aromatic heterocycles. The van der Waals surface area contributed by atoms with Crippen molar-refractivity contribution in [2.24, 2.45) is 0 Å². The molecule has 4 nitrogen and oxygen atoms in total. The van der Waals surface area contributed by atoms with E-state index in [0.717, 1.165) is 19.0 Å². The van der Waals surface area contributed by atoms with E-state index in [1.165, 1.54) is 6.07 Å². The number of benzene rings is 1. The Kier molecular flexibility index (Phi) is 6.67. The number of rotatable bonds is 8. The summed E-state index contributed by atoms with van der Waals surface area (Å²) in [5, 5.41) is 20.2. The average molecular weight is 318 g/mol. The summed E-state index contributed by atoms with van der Waals surface area (Å²) in [5.74, 6) is -0.149. The van der Waals surface area contributed by atoms with Gasteiger partial charge >= 0.3 is 6.18 Å². The molecule has 1 aromatic rings. The quantitative estimate of drug-likeness (QED) is 0.509. The Bertz CT molecular complexity index is 516. The summed E-state index contributed by atoms with van der Waals surface area (Å²) >= 11 is 0. The summed E-state index contributed by atoms with van der Waals surface area (Å²) in [7, 11) is 1.81. The molecule has 0 bridgehead atoms. The van der Waals surface area contributed by atoms with Gasteiger partial charge in [-0.15, -0.1) is 0 Å². The monoisotopic (exact) mass is 318 g/mol. The molecule has 0 amide bonds. The topological polar surface area (TPSA) is 65.3 Å². The van der Waals surface area contributed by atoms with Gasteiger partial charge in [0.2, 0.25) is 0 Å². The molecule has 0 aliphatic heterocycles. The van der Waals surface area contributed by atoms with Crippen molar-refractivity contribution in [3.05, 3.63) is 23.3 Å². The van der Waals surface area contributed by atoms with Crippen molar-refractivity contribution in [3.63, 3.8) is 0 Å². The first-order valence-electron chi connectivity index (χ1n) is 7.11. The Balaban J connectivity index is 3.06. The molecule has 3 N–H and O–H groups in total. The Morgan fingerprint density at radius 3 is 2.59 bits per heavy atom. The van der Waals surface area contributed by atoms with Crippen LogP contribution in [0.2, 0.25) is 0 Å². The summed E-state index contributed by atoms with van der Waals surface area (Å²) in [5.41, 5.74) is -1.75. The number of phenols is 1. The lowest BCUT2D eigenvalue weighted by Gasteiger charge is -2.17. The Morgan fingerprint density at radius 1 is 1.36 bits per heavy atom. The lowest BCUT2D eigenvalue weighted by Crippen LogP contribution is -2.23. The first kappa shape index (κ1) is 18.3. The SMILES string of the molecule is CCCc1c(OCCCNC)ccc(C(=N)C(F)(F)F)c1O. The molecule has 0 unspecified atom stereocenters. The van der Waals surface area contributed by atoms with Gasteiger partial charge in [-0.05, 0) is 38.6 Å². The Hall–Kier alpha value is -1.76. The average Bonchev–Trinajstić information content (AvgIpc) is 2.45. The summed E-state index contributed by atoms with van der Waals surface area (Å²) in [6.07, 6.45) is -3.03. The minimum absolute atomic E-state index is 0.318. The molecule has 7 heteroatoms. The van der Waals surface area contributed by atoms with Gasteiger partial charge in [-0.25, -0.2) is 0 Å². The standard InChI is InChI=1S/C15H21F3N2O2/c1-3-5-10-12(22-9-4-8-20-2)7-6-11(13(10)21)14(19)15(16,17)18/h6-7,19-21H,3-5,8-9H2,1-2H3. The van der Waals surface area contributed by atoms with Crippen LogP contribution in [0.25, 0.3) is 0 Å². The molecule has 0 fully saturated rings. The van der Waals surface area contributed by atoms with Gasteiger partial charge in [0.25, 0.3) is 0 Å². The number of nitrogens with one attached hydrogen (secondary N) is 2. The van der Waals surface area contributed by atoms with Crippen LogP contribution in [0.3, 0.4) is 0 Å². The van der Waals surface area contributed by atoms with Gasteiger partial charge in [-0.3, -0.25) is 5.41 Å². The molecule has 1 aromatic carbocycles. The summed E-state index contributed by atoms with van der Waals surface area (Å²) in [6.45, 7) is 3.00. The molecule has 0 aliphatic carbocycles. The van der Waals surface area contributed by atoms with E-state index in [0.29, 0.717) is 30.8 Å². The third-order valence-electron chi connectivity index (χ3n) is 3.12. The normalized spacial score (nSPS) is 11.5. The third kappa shape index (κ3) is 4.62. The zero-order valence-corrected chi connectivity index (χ0v) is 12.7. The second-order valence-corrected chi connectivity index (χ2v) is 4.87. The summed E-state index contributed by atoms with van der Waals surface area (Å²) in [4.78, 5) is 0. The van der Waals surface area contributed by atoms with E-state index in [4.69, 9.17) is 10.1 Å². The predicted octanol–water partition coefficient (Wildman–Crippen LogP) is 3.26. The van der Waals surface area contributed by atoms with E-state index in [9.17, 15) is 18.3 Å². The van der Waals surface area contributed by atoms with Gasteiger partial charge in [-0.1, -0.05) is 13.3 Å². The fraction of sp³-hybridized carbons (Fsp3) is 0.533. The number of phenolic OH excluding ortho intramolecular Hbond substituents is 1. The zero-order chi connectivity index (χ0) is 16.8. The lowest BCUT2D eigenvalue weighted by molar-refractivity contribution is -0.0588. The summed E-state index contributed by atoms with van der Waals surface area (Å²) in [6, 6.07) is 2.47. The van der Waals surface area contributed by atoms with Crippen LogP contribution in [-0.2, 0) is 6.42 Å². The van der Waals surface area contributed by atoms with Crippen LogP contribution in [-0.4, -0.2) is 37.2 Å². The highest BCUT2D eigenvalue weighted by Gasteiger charge is 2.37. The number of aromatic hydroxyl groups is 1. The third-order valence-corrected chi connectivity index (χ3v) is 3.12. The van der Waals surface area contributed by atoms with Crippen molar-refractivity contribution in [2.45, 2.75) is 32.4 Å². The largest absolute Gasteiger partial charge is 0.507 e. The summed E-state index contributed by atoms with van der Waals surface area (Å²) < 4.78 is 43.5. The minimum Gasteiger partial charge on any atom is -0.507 e. The fourth-order valence-corrected chi connectivity index (χ4v) is 2.03. The van der Waals surface area contributed by atoms with E-state index >= 15 is 0 Å². The van der Waals surface area contributed by atoms with Gasteiger partial charge in [-0.2, -0.15) is 13.2 Å². The molecular formula is C15H21F3N2O2. The molecule has 0 radical (unpaired) electrons. The first-order chi connectivity index (χ1) is 10.3. The van der Waals surface area contributed by atoms with E-state index in [1.807, 2.05) is 14.0 Å². The number of hydrogen-bond donors (Lipinski definition) is 3. The molecule has 0 atom stereocenters. The van der Waals surface area contributed by atoms with Crippen molar-refractivity contribution in [2.75, 3.05) is 20.2 Å². The van der Waals surface area contributed by atoms with Crippen LogP contribution in [0, 0.1) is 5.41 Å². The molecule has 0 saturated heterocycles. The molecule has 124 valence electrons. The maximum absolute atomic E-state index is 12.6. The van der Waals surface area contributed by atoms with Crippen molar-refractivity contribution >= 4 is 5.71 Å². The van der Waals surface area contributed by atoms with Crippen molar-refractivity contribution in [3.8, 4) is 11.5 Å². The highest BCUT2D eigenvalue weighted by atomic mass is 19.4. The molecule has 0 spiro atoms. The Labute approximate surface area is 127 Å². The van der Waals surface area contributed by atoms with Gasteiger partial charge in [0.15, 0.2) is 0 Å². The molecule has 0 saturated carbocycles. The number of halogens is 3. The molecule has 22 heavy (non-hydrogen) atoms. The molecule has 0 heterocycles. The molecular weight excluding hydrogens is 297 g/mol. The number of hydrogen-bond acceptors (Lipinski definition) is 4. The van der Waals surface area contributed by atoms with Crippen LogP contribution in [0.1, 0.15) is 30.9 Å². The smallest absolute Gasteiger partial charge is 0.433 e. The number of alkyl halides is 3. The fourth-order valence-electron chi connectivity index (χ4n) is 2.03. The lowest BCUT2D eigenvalue weighted by atomic mass is 10.00. The molecule has 1 rings (SSSR count).